The van der Waals surface area contributed by atoms with Gasteiger partial charge in [-0.1, -0.05) is 6.92 Å². The Labute approximate surface area is 100 Å². The van der Waals surface area contributed by atoms with Crippen LogP contribution >= 0.6 is 0 Å². The molecular weight excluding hydrogens is 218 g/mol. The number of amides is 2. The van der Waals surface area contributed by atoms with Gasteiger partial charge in [-0.15, -0.1) is 0 Å². The molecule has 2 rings (SSSR count). The fraction of sp³-hybridized carbons (Fsp3) is 0.583. The summed E-state index contributed by atoms with van der Waals surface area (Å²) < 4.78 is 1.82. The number of nitrogens with zero attached hydrogens (tertiary/aromatic N) is 2. The van der Waals surface area contributed by atoms with Gasteiger partial charge >= 0.3 is 0 Å². The largest absolute Gasteiger partial charge is 0.296 e. The maximum Gasteiger partial charge on any atom is 0.230 e. The summed E-state index contributed by atoms with van der Waals surface area (Å²) in [7, 11) is 1.89. The lowest BCUT2D eigenvalue weighted by atomic mass is 9.93. The van der Waals surface area contributed by atoms with Gasteiger partial charge in [0.05, 0.1) is 5.69 Å². The molecule has 0 radical (unpaired) electrons. The van der Waals surface area contributed by atoms with Crippen LogP contribution in [0.1, 0.15) is 31.2 Å². The van der Waals surface area contributed by atoms with E-state index in [-0.39, 0.29) is 17.7 Å². The van der Waals surface area contributed by atoms with Crippen LogP contribution in [0.5, 0.6) is 0 Å². The van der Waals surface area contributed by atoms with E-state index in [2.05, 4.69) is 17.3 Å². The first kappa shape index (κ1) is 11.8. The number of aryl methyl sites for hydroxylation is 2. The SMILES string of the molecule is CCc1cc(CC2CCC(=O)NC2=O)n(C)n1. The Balaban J connectivity index is 2.07. The molecule has 0 saturated carbocycles. The Kier molecular flexibility index (Phi) is 3.26. The van der Waals surface area contributed by atoms with Crippen molar-refractivity contribution in [2.24, 2.45) is 13.0 Å². The highest BCUT2D eigenvalue weighted by atomic mass is 16.2. The molecule has 0 aromatic carbocycles. The van der Waals surface area contributed by atoms with E-state index in [1.165, 1.54) is 0 Å². The van der Waals surface area contributed by atoms with Crippen LogP contribution in [-0.4, -0.2) is 21.6 Å². The zero-order valence-electron chi connectivity index (χ0n) is 10.2. The van der Waals surface area contributed by atoms with Crippen molar-refractivity contribution in [1.82, 2.24) is 15.1 Å². The molecule has 1 N–H and O–H groups in total. The van der Waals surface area contributed by atoms with Crippen molar-refractivity contribution in [3.05, 3.63) is 17.5 Å². The molecule has 1 aliphatic rings. The van der Waals surface area contributed by atoms with E-state index in [9.17, 15) is 9.59 Å². The normalized spacial score (nSPS) is 20.5. The zero-order valence-corrected chi connectivity index (χ0v) is 10.2. The minimum Gasteiger partial charge on any atom is -0.296 e. The Morgan fingerprint density at radius 3 is 2.88 bits per heavy atom. The quantitative estimate of drug-likeness (QED) is 0.779. The fourth-order valence-electron chi connectivity index (χ4n) is 2.12. The molecule has 92 valence electrons. The van der Waals surface area contributed by atoms with Gasteiger partial charge in [-0.3, -0.25) is 19.6 Å². The molecule has 1 saturated heterocycles. The van der Waals surface area contributed by atoms with Gasteiger partial charge < -0.3 is 0 Å². The predicted molar refractivity (Wildman–Crippen MR) is 62.2 cm³/mol. The molecule has 1 aromatic heterocycles. The lowest BCUT2D eigenvalue weighted by Gasteiger charge is -2.20. The molecule has 1 aliphatic heterocycles. The number of carbonyl (C=O) groups is 2. The monoisotopic (exact) mass is 235 g/mol. The number of rotatable bonds is 3. The average Bonchev–Trinajstić information content (AvgIpc) is 2.64. The van der Waals surface area contributed by atoms with Gasteiger partial charge in [0, 0.05) is 31.5 Å². The topological polar surface area (TPSA) is 64.0 Å². The smallest absolute Gasteiger partial charge is 0.230 e. The van der Waals surface area contributed by atoms with Crippen molar-refractivity contribution in [3.8, 4) is 0 Å². The zero-order chi connectivity index (χ0) is 12.4. The van der Waals surface area contributed by atoms with Gasteiger partial charge in [-0.25, -0.2) is 0 Å². The highest BCUT2D eigenvalue weighted by molar-refractivity contribution is 5.98. The summed E-state index contributed by atoms with van der Waals surface area (Å²) in [6.07, 6.45) is 2.62. The third-order valence-corrected chi connectivity index (χ3v) is 3.20. The number of imide groups is 1. The Hall–Kier alpha value is -1.65. The first-order valence-corrected chi connectivity index (χ1v) is 5.95. The summed E-state index contributed by atoms with van der Waals surface area (Å²) in [4.78, 5) is 22.7. The van der Waals surface area contributed by atoms with Crippen LogP contribution in [0.3, 0.4) is 0 Å². The molecule has 0 spiro atoms. The molecule has 1 unspecified atom stereocenters. The van der Waals surface area contributed by atoms with Crippen LogP contribution < -0.4 is 5.32 Å². The predicted octanol–water partition coefficient (Wildman–Crippen LogP) is 0.578. The number of hydrogen-bond acceptors (Lipinski definition) is 3. The standard InChI is InChI=1S/C12H17N3O2/c1-3-9-7-10(15(2)14-9)6-8-4-5-11(16)13-12(8)17/h7-8H,3-6H2,1-2H3,(H,13,16,17). The Morgan fingerprint density at radius 2 is 2.29 bits per heavy atom. The number of nitrogens with one attached hydrogen (secondary N) is 1. The van der Waals surface area contributed by atoms with Gasteiger partial charge in [0.25, 0.3) is 0 Å². The number of carbonyl (C=O) groups excluding carboxylic acids is 2. The molecule has 5 heteroatoms. The van der Waals surface area contributed by atoms with E-state index < -0.39 is 0 Å². The Morgan fingerprint density at radius 1 is 1.53 bits per heavy atom. The van der Waals surface area contributed by atoms with E-state index in [0.717, 1.165) is 17.8 Å². The third-order valence-electron chi connectivity index (χ3n) is 3.20. The second-order valence-corrected chi connectivity index (χ2v) is 4.46. The fourth-order valence-corrected chi connectivity index (χ4v) is 2.12. The van der Waals surface area contributed by atoms with Crippen LogP contribution in [0, 0.1) is 5.92 Å². The maximum atomic E-state index is 11.6. The van der Waals surface area contributed by atoms with E-state index in [1.54, 1.807) is 0 Å². The van der Waals surface area contributed by atoms with E-state index >= 15 is 0 Å². The first-order valence-electron chi connectivity index (χ1n) is 5.95. The molecule has 5 nitrogen and oxygen atoms in total. The molecule has 0 bridgehead atoms. The van der Waals surface area contributed by atoms with Gasteiger partial charge in [-0.05, 0) is 18.9 Å². The molecule has 2 heterocycles. The van der Waals surface area contributed by atoms with Crippen LogP contribution in [0.25, 0.3) is 0 Å². The van der Waals surface area contributed by atoms with Crippen molar-refractivity contribution in [3.63, 3.8) is 0 Å². The minimum atomic E-state index is -0.162. The van der Waals surface area contributed by atoms with Crippen molar-refractivity contribution in [2.45, 2.75) is 32.6 Å². The summed E-state index contributed by atoms with van der Waals surface area (Å²) in [5.74, 6) is -0.418. The summed E-state index contributed by atoms with van der Waals surface area (Å²) in [6, 6.07) is 2.03. The van der Waals surface area contributed by atoms with E-state index in [4.69, 9.17) is 0 Å². The van der Waals surface area contributed by atoms with Crippen LogP contribution in [-0.2, 0) is 29.5 Å². The summed E-state index contributed by atoms with van der Waals surface area (Å²) in [5, 5.41) is 6.73. The van der Waals surface area contributed by atoms with Gasteiger partial charge in [0.15, 0.2) is 0 Å². The van der Waals surface area contributed by atoms with Crippen molar-refractivity contribution < 1.29 is 9.59 Å². The van der Waals surface area contributed by atoms with Gasteiger partial charge in [0.2, 0.25) is 11.8 Å². The van der Waals surface area contributed by atoms with Crippen molar-refractivity contribution >= 4 is 11.8 Å². The van der Waals surface area contributed by atoms with Crippen molar-refractivity contribution in [1.29, 1.82) is 0 Å². The van der Waals surface area contributed by atoms with Crippen molar-refractivity contribution in [2.75, 3.05) is 0 Å². The van der Waals surface area contributed by atoms with E-state index in [0.29, 0.717) is 19.3 Å². The lowest BCUT2D eigenvalue weighted by Crippen LogP contribution is -2.41. The van der Waals surface area contributed by atoms with Crippen LogP contribution in [0.4, 0.5) is 0 Å². The highest BCUT2D eigenvalue weighted by Crippen LogP contribution is 2.18. The first-order chi connectivity index (χ1) is 8.10. The maximum absolute atomic E-state index is 11.6. The molecular formula is C12H17N3O2. The number of hydrogen-bond donors (Lipinski definition) is 1. The number of aromatic nitrogens is 2. The highest BCUT2D eigenvalue weighted by Gasteiger charge is 2.27. The summed E-state index contributed by atoms with van der Waals surface area (Å²) in [5.41, 5.74) is 2.09. The molecule has 2 amide bonds. The van der Waals surface area contributed by atoms with Gasteiger partial charge in [0.1, 0.15) is 0 Å². The molecule has 1 fully saturated rings. The second-order valence-electron chi connectivity index (χ2n) is 4.46. The molecule has 1 aromatic rings. The van der Waals surface area contributed by atoms with Gasteiger partial charge in [-0.2, -0.15) is 5.10 Å². The molecule has 1 atom stereocenters. The molecule has 0 aliphatic carbocycles. The summed E-state index contributed by atoms with van der Waals surface area (Å²) >= 11 is 0. The Bertz CT molecular complexity index is 451. The van der Waals surface area contributed by atoms with E-state index in [1.807, 2.05) is 17.8 Å². The minimum absolute atomic E-state index is 0.104. The van der Waals surface area contributed by atoms with Crippen LogP contribution in [0.15, 0.2) is 6.07 Å². The number of piperidine rings is 1. The lowest BCUT2D eigenvalue weighted by molar-refractivity contribution is -0.136. The third kappa shape index (κ3) is 2.54. The summed E-state index contributed by atoms with van der Waals surface area (Å²) in [6.45, 7) is 2.05. The second kappa shape index (κ2) is 4.69. The van der Waals surface area contributed by atoms with Crippen LogP contribution in [0.2, 0.25) is 0 Å². The molecule has 17 heavy (non-hydrogen) atoms. The average molecular weight is 235 g/mol.